The number of fused-ring (bicyclic) bond motifs is 2. The van der Waals surface area contributed by atoms with E-state index in [9.17, 15) is 22.7 Å². The fourth-order valence-corrected chi connectivity index (χ4v) is 3.82. The van der Waals surface area contributed by atoms with E-state index in [-0.39, 0.29) is 24.5 Å². The highest BCUT2D eigenvalue weighted by Gasteiger charge is 2.54. The number of halogens is 4. The van der Waals surface area contributed by atoms with Crippen molar-refractivity contribution in [2.75, 3.05) is 6.61 Å². The molecular formula is C23H20F4N2O2. The molecular weight excluding hydrogens is 412 g/mol. The summed E-state index contributed by atoms with van der Waals surface area (Å²) in [5, 5.41) is 11.2. The van der Waals surface area contributed by atoms with Crippen molar-refractivity contribution in [2.24, 2.45) is 4.99 Å². The Hall–Kier alpha value is -3.00. The third kappa shape index (κ3) is 4.12. The van der Waals surface area contributed by atoms with Gasteiger partial charge in [-0.2, -0.15) is 13.2 Å². The van der Waals surface area contributed by atoms with Gasteiger partial charge in [0.05, 0.1) is 17.8 Å². The van der Waals surface area contributed by atoms with Crippen LogP contribution in [0.5, 0.6) is 5.75 Å². The maximum absolute atomic E-state index is 14.0. The second-order valence-electron chi connectivity index (χ2n) is 7.67. The predicted molar refractivity (Wildman–Crippen MR) is 110 cm³/mol. The Bertz CT molecular complexity index is 1150. The monoisotopic (exact) mass is 432 g/mol. The third-order valence-corrected chi connectivity index (χ3v) is 5.46. The summed E-state index contributed by atoms with van der Waals surface area (Å²) in [6.07, 6.45) is -4.90. The van der Waals surface area contributed by atoms with Crippen LogP contribution in [0.1, 0.15) is 30.0 Å². The zero-order valence-corrected chi connectivity index (χ0v) is 16.7. The lowest BCUT2D eigenvalue weighted by atomic mass is 9.82. The highest BCUT2D eigenvalue weighted by molar-refractivity contribution is 5.92. The largest absolute Gasteiger partial charge is 0.490 e. The number of aliphatic hydroxyl groups is 1. The molecule has 0 fully saturated rings. The van der Waals surface area contributed by atoms with Gasteiger partial charge >= 0.3 is 6.18 Å². The molecule has 0 aliphatic carbocycles. The van der Waals surface area contributed by atoms with Crippen LogP contribution in [0.4, 0.5) is 23.2 Å². The lowest BCUT2D eigenvalue weighted by molar-refractivity contribution is -0.232. The van der Waals surface area contributed by atoms with Gasteiger partial charge in [0.2, 0.25) is 0 Å². The number of benzene rings is 2. The summed E-state index contributed by atoms with van der Waals surface area (Å²) in [6, 6.07) is 12.5. The maximum atomic E-state index is 14.0. The molecule has 0 amide bonds. The molecule has 31 heavy (non-hydrogen) atoms. The summed E-state index contributed by atoms with van der Waals surface area (Å²) in [6.45, 7) is 1.88. The van der Waals surface area contributed by atoms with Crippen molar-refractivity contribution in [1.82, 2.24) is 4.98 Å². The second-order valence-corrected chi connectivity index (χ2v) is 7.67. The van der Waals surface area contributed by atoms with Crippen LogP contribution in [0.15, 0.2) is 53.5 Å². The molecule has 0 spiro atoms. The fraction of sp³-hybridized carbons (Fsp3) is 0.304. The Balaban J connectivity index is 1.70. The van der Waals surface area contributed by atoms with Crippen LogP contribution in [0.3, 0.4) is 0 Å². The van der Waals surface area contributed by atoms with E-state index in [2.05, 4.69) is 9.98 Å². The quantitative estimate of drug-likeness (QED) is 0.429. The van der Waals surface area contributed by atoms with E-state index in [1.54, 1.807) is 30.3 Å². The van der Waals surface area contributed by atoms with E-state index in [0.717, 1.165) is 5.69 Å². The normalized spacial score (nSPS) is 18.6. The number of pyridine rings is 1. The van der Waals surface area contributed by atoms with Crippen molar-refractivity contribution in [1.29, 1.82) is 0 Å². The summed E-state index contributed by atoms with van der Waals surface area (Å²) < 4.78 is 61.1. The van der Waals surface area contributed by atoms with Crippen LogP contribution in [-0.4, -0.2) is 34.7 Å². The van der Waals surface area contributed by atoms with E-state index < -0.39 is 29.9 Å². The molecule has 0 bridgehead atoms. The lowest BCUT2D eigenvalue weighted by Crippen LogP contribution is -2.48. The standard InChI is InChI=1S/C23H20F4N2O2/c1-14-8-9-17-19(6-3-7-20(17)29-14)28-13-22(30,23(25,26)27)12-15-10-11-31-21-16(15)4-2-5-18(21)24/h2-9,13,15,30H,10-12H2,1H3. The predicted octanol–water partition coefficient (Wildman–Crippen LogP) is 5.63. The number of para-hydroxylation sites is 1. The third-order valence-electron chi connectivity index (χ3n) is 5.46. The van der Waals surface area contributed by atoms with E-state index >= 15 is 0 Å². The number of nitrogens with zero attached hydrogens (tertiary/aromatic N) is 2. The summed E-state index contributed by atoms with van der Waals surface area (Å²) in [4.78, 5) is 8.35. The van der Waals surface area contributed by atoms with Gasteiger partial charge in [-0.25, -0.2) is 4.39 Å². The summed E-state index contributed by atoms with van der Waals surface area (Å²) in [5.41, 5.74) is -1.25. The van der Waals surface area contributed by atoms with Crippen molar-refractivity contribution < 1.29 is 27.4 Å². The molecule has 2 unspecified atom stereocenters. The summed E-state index contributed by atoms with van der Waals surface area (Å²) in [7, 11) is 0. The van der Waals surface area contributed by atoms with E-state index in [1.165, 1.54) is 18.2 Å². The van der Waals surface area contributed by atoms with Crippen molar-refractivity contribution in [3.63, 3.8) is 0 Å². The first-order valence-corrected chi connectivity index (χ1v) is 9.80. The van der Waals surface area contributed by atoms with Crippen molar-refractivity contribution in [3.8, 4) is 5.75 Å². The van der Waals surface area contributed by atoms with Crippen molar-refractivity contribution in [2.45, 2.75) is 37.5 Å². The van der Waals surface area contributed by atoms with E-state index in [4.69, 9.17) is 4.74 Å². The van der Waals surface area contributed by atoms with Crippen molar-refractivity contribution >= 4 is 22.8 Å². The summed E-state index contributed by atoms with van der Waals surface area (Å²) in [5.74, 6) is -1.44. The van der Waals surface area contributed by atoms with Crippen LogP contribution in [0.25, 0.3) is 10.9 Å². The number of aryl methyl sites for hydroxylation is 1. The minimum atomic E-state index is -4.97. The smallest absolute Gasteiger partial charge is 0.422 e. The minimum Gasteiger partial charge on any atom is -0.490 e. The molecule has 2 aromatic carbocycles. The zero-order chi connectivity index (χ0) is 22.2. The van der Waals surface area contributed by atoms with Gasteiger partial charge in [-0.3, -0.25) is 9.98 Å². The van der Waals surface area contributed by atoms with Crippen LogP contribution < -0.4 is 4.74 Å². The molecule has 162 valence electrons. The molecule has 2 atom stereocenters. The SMILES string of the molecule is Cc1ccc2c(N=CC(O)(CC3CCOc4c(F)cccc43)C(F)(F)F)cccc2n1. The number of ether oxygens (including phenoxy) is 1. The van der Waals surface area contributed by atoms with Gasteiger partial charge in [0, 0.05) is 22.9 Å². The fourth-order valence-electron chi connectivity index (χ4n) is 3.82. The van der Waals surface area contributed by atoms with Gasteiger partial charge in [0.25, 0.3) is 0 Å². The van der Waals surface area contributed by atoms with Crippen LogP contribution in [0, 0.1) is 12.7 Å². The van der Waals surface area contributed by atoms with Crippen LogP contribution in [0.2, 0.25) is 0 Å². The molecule has 1 N–H and O–H groups in total. The Morgan fingerprint density at radius 1 is 1.16 bits per heavy atom. The minimum absolute atomic E-state index is 0.0595. The van der Waals surface area contributed by atoms with Gasteiger partial charge in [0.1, 0.15) is 0 Å². The number of aromatic nitrogens is 1. The molecule has 0 saturated heterocycles. The molecule has 1 aliphatic heterocycles. The lowest BCUT2D eigenvalue weighted by Gasteiger charge is -2.33. The number of rotatable bonds is 4. The topological polar surface area (TPSA) is 54.7 Å². The second kappa shape index (κ2) is 7.92. The molecule has 0 radical (unpaired) electrons. The molecule has 0 saturated carbocycles. The number of alkyl halides is 3. The Labute approximate surface area is 176 Å². The Morgan fingerprint density at radius 2 is 1.94 bits per heavy atom. The molecule has 1 aliphatic rings. The molecule has 1 aromatic heterocycles. The van der Waals surface area contributed by atoms with Crippen LogP contribution in [-0.2, 0) is 0 Å². The molecule has 3 aromatic rings. The zero-order valence-electron chi connectivity index (χ0n) is 16.7. The van der Waals surface area contributed by atoms with E-state index in [0.29, 0.717) is 22.7 Å². The van der Waals surface area contributed by atoms with Gasteiger partial charge < -0.3 is 9.84 Å². The number of hydrogen-bond acceptors (Lipinski definition) is 4. The first-order valence-electron chi connectivity index (χ1n) is 9.80. The Kier molecular flexibility index (Phi) is 5.43. The first kappa shape index (κ1) is 21.2. The van der Waals surface area contributed by atoms with Gasteiger partial charge in [-0.05, 0) is 56.0 Å². The highest BCUT2D eigenvalue weighted by Crippen LogP contribution is 2.44. The average molecular weight is 432 g/mol. The maximum Gasteiger partial charge on any atom is 0.422 e. The molecule has 8 heteroatoms. The van der Waals surface area contributed by atoms with E-state index in [1.807, 2.05) is 6.92 Å². The average Bonchev–Trinajstić information content (AvgIpc) is 2.72. The van der Waals surface area contributed by atoms with Crippen LogP contribution >= 0.6 is 0 Å². The highest BCUT2D eigenvalue weighted by atomic mass is 19.4. The molecule has 4 rings (SSSR count). The van der Waals surface area contributed by atoms with Gasteiger partial charge in [-0.15, -0.1) is 0 Å². The van der Waals surface area contributed by atoms with Gasteiger partial charge in [0.15, 0.2) is 17.2 Å². The molecule has 2 heterocycles. The summed E-state index contributed by atoms with van der Waals surface area (Å²) >= 11 is 0. The Morgan fingerprint density at radius 3 is 2.71 bits per heavy atom. The molecule has 4 nitrogen and oxygen atoms in total. The number of aliphatic imine (C=N–C) groups is 1. The number of hydrogen-bond donors (Lipinski definition) is 1. The van der Waals surface area contributed by atoms with Gasteiger partial charge in [-0.1, -0.05) is 18.2 Å². The van der Waals surface area contributed by atoms with Crippen molar-refractivity contribution in [3.05, 3.63) is 65.6 Å². The first-order chi connectivity index (χ1) is 14.7.